The average molecular weight is 479 g/mol. The molecule has 1 aliphatic heterocycles. The molecular formula is C25H22N2O6S. The smallest absolute Gasteiger partial charge is 0.350 e. The Labute approximate surface area is 200 Å². The molecule has 0 bridgehead atoms. The van der Waals surface area contributed by atoms with Gasteiger partial charge in [0.1, 0.15) is 16.4 Å². The number of nitrogens with zero attached hydrogens (tertiary/aromatic N) is 2. The fourth-order valence-electron chi connectivity index (χ4n) is 3.93. The first-order valence-electron chi connectivity index (χ1n) is 10.3. The van der Waals surface area contributed by atoms with Gasteiger partial charge in [-0.1, -0.05) is 41.7 Å². The molecule has 1 fully saturated rings. The van der Waals surface area contributed by atoms with Gasteiger partial charge >= 0.3 is 11.9 Å². The Balaban J connectivity index is 1.92. The lowest BCUT2D eigenvalue weighted by Crippen LogP contribution is -2.29. The number of thiazole rings is 1. The summed E-state index contributed by atoms with van der Waals surface area (Å²) in [6.45, 7) is 3.44. The molecule has 0 saturated carbocycles. The quantitative estimate of drug-likeness (QED) is 0.254. The molecule has 1 atom stereocenters. The molecule has 3 aromatic rings. The minimum absolute atomic E-state index is 0.0618. The van der Waals surface area contributed by atoms with E-state index in [4.69, 9.17) is 9.47 Å². The molecule has 0 aliphatic carbocycles. The molecule has 8 nitrogen and oxygen atoms in total. The van der Waals surface area contributed by atoms with Crippen LogP contribution in [-0.4, -0.2) is 42.0 Å². The Morgan fingerprint density at radius 2 is 1.79 bits per heavy atom. The van der Waals surface area contributed by atoms with E-state index in [2.05, 4.69) is 4.98 Å². The van der Waals surface area contributed by atoms with Crippen LogP contribution in [0.25, 0.3) is 5.76 Å². The zero-order valence-electron chi connectivity index (χ0n) is 19.0. The molecule has 1 amide bonds. The average Bonchev–Trinajstić information content (AvgIpc) is 3.35. The first-order valence-corrected chi connectivity index (χ1v) is 11.2. The van der Waals surface area contributed by atoms with Crippen LogP contribution >= 0.6 is 11.3 Å². The first-order chi connectivity index (χ1) is 16.3. The summed E-state index contributed by atoms with van der Waals surface area (Å²) in [6, 6.07) is 13.0. The highest BCUT2D eigenvalue weighted by Gasteiger charge is 2.48. The summed E-state index contributed by atoms with van der Waals surface area (Å²) < 4.78 is 10.1. The van der Waals surface area contributed by atoms with Gasteiger partial charge in [0.05, 0.1) is 31.5 Å². The predicted molar refractivity (Wildman–Crippen MR) is 127 cm³/mol. The van der Waals surface area contributed by atoms with Gasteiger partial charge in [0.2, 0.25) is 0 Å². The summed E-state index contributed by atoms with van der Waals surface area (Å²) in [5.74, 6) is -1.94. The van der Waals surface area contributed by atoms with Crippen molar-refractivity contribution in [2.75, 3.05) is 19.1 Å². The Kier molecular flexibility index (Phi) is 6.21. The van der Waals surface area contributed by atoms with E-state index in [9.17, 15) is 19.5 Å². The van der Waals surface area contributed by atoms with Crippen LogP contribution in [-0.2, 0) is 14.3 Å². The number of hydrogen-bond acceptors (Lipinski definition) is 8. The number of carbonyl (C=O) groups is 3. The van der Waals surface area contributed by atoms with E-state index < -0.39 is 23.7 Å². The van der Waals surface area contributed by atoms with Gasteiger partial charge in [-0.05, 0) is 43.2 Å². The van der Waals surface area contributed by atoms with Crippen LogP contribution in [0.4, 0.5) is 5.13 Å². The molecule has 4 rings (SSSR count). The number of ether oxygens (including phenoxy) is 2. The van der Waals surface area contributed by atoms with E-state index in [0.717, 1.165) is 16.9 Å². The van der Waals surface area contributed by atoms with Crippen molar-refractivity contribution in [2.45, 2.75) is 19.9 Å². The molecule has 0 unspecified atom stereocenters. The molecule has 9 heteroatoms. The predicted octanol–water partition coefficient (Wildman–Crippen LogP) is 4.18. The van der Waals surface area contributed by atoms with Crippen LogP contribution in [0.1, 0.15) is 38.1 Å². The Morgan fingerprint density at radius 1 is 1.09 bits per heavy atom. The molecule has 1 saturated heterocycles. The highest BCUT2D eigenvalue weighted by molar-refractivity contribution is 7.17. The lowest BCUT2D eigenvalue weighted by Gasteiger charge is -2.23. The van der Waals surface area contributed by atoms with Gasteiger partial charge in [0.25, 0.3) is 5.78 Å². The molecule has 174 valence electrons. The fourth-order valence-corrected chi connectivity index (χ4v) is 4.94. The Bertz CT molecular complexity index is 1330. The van der Waals surface area contributed by atoms with Crippen molar-refractivity contribution in [1.82, 2.24) is 4.98 Å². The summed E-state index contributed by atoms with van der Waals surface area (Å²) >= 11 is 0.957. The van der Waals surface area contributed by atoms with Gasteiger partial charge in [-0.2, -0.15) is 0 Å². The summed E-state index contributed by atoms with van der Waals surface area (Å²) in [5.41, 5.74) is 2.07. The van der Waals surface area contributed by atoms with Gasteiger partial charge in [0.15, 0.2) is 5.13 Å². The van der Waals surface area contributed by atoms with E-state index in [-0.39, 0.29) is 21.3 Å². The van der Waals surface area contributed by atoms with Crippen LogP contribution in [0, 0.1) is 13.8 Å². The standard InChI is InChI=1S/C25H22N2O6S/c1-13-12-16(10-11-17(13)32-3)20(28)18-19(15-8-6-5-7-9-15)27(23(30)21(18)29)25-26-14(2)22(34-25)24(31)33-4/h5-12,19,28H,1-4H3/t19-/m0/s1. The molecule has 34 heavy (non-hydrogen) atoms. The van der Waals surface area contributed by atoms with Gasteiger partial charge < -0.3 is 14.6 Å². The number of anilines is 1. The molecular weight excluding hydrogens is 456 g/mol. The minimum atomic E-state index is -0.931. The number of esters is 1. The number of aromatic nitrogens is 1. The number of Topliss-reactive ketones (excluding diaryl/α,β-unsaturated/α-hetero) is 1. The maximum atomic E-state index is 13.2. The second kappa shape index (κ2) is 9.11. The number of aliphatic hydroxyl groups is 1. The molecule has 0 radical (unpaired) electrons. The van der Waals surface area contributed by atoms with Crippen LogP contribution in [0.5, 0.6) is 5.75 Å². The third-order valence-electron chi connectivity index (χ3n) is 5.59. The molecule has 2 aromatic carbocycles. The summed E-state index contributed by atoms with van der Waals surface area (Å²) in [5, 5.41) is 11.4. The van der Waals surface area contributed by atoms with Crippen LogP contribution in [0.15, 0.2) is 54.1 Å². The number of carbonyl (C=O) groups excluding carboxylic acids is 3. The third-order valence-corrected chi connectivity index (χ3v) is 6.73. The number of hydrogen-bond donors (Lipinski definition) is 1. The number of aliphatic hydroxyl groups excluding tert-OH is 1. The van der Waals surface area contributed by atoms with Gasteiger partial charge in [-0.15, -0.1) is 0 Å². The van der Waals surface area contributed by atoms with Crippen molar-refractivity contribution in [3.05, 3.63) is 81.4 Å². The van der Waals surface area contributed by atoms with Crippen molar-refractivity contribution >= 4 is 39.9 Å². The first kappa shape index (κ1) is 23.2. The van der Waals surface area contributed by atoms with Crippen LogP contribution in [0.3, 0.4) is 0 Å². The Morgan fingerprint density at radius 3 is 2.41 bits per heavy atom. The summed E-state index contributed by atoms with van der Waals surface area (Å²) in [4.78, 5) is 44.4. The van der Waals surface area contributed by atoms with Crippen LogP contribution in [0.2, 0.25) is 0 Å². The topological polar surface area (TPSA) is 106 Å². The van der Waals surface area contributed by atoms with E-state index in [1.807, 2.05) is 13.0 Å². The molecule has 0 spiro atoms. The second-order valence-electron chi connectivity index (χ2n) is 7.67. The van der Waals surface area contributed by atoms with Gasteiger partial charge in [-0.25, -0.2) is 9.78 Å². The normalized spacial score (nSPS) is 17.2. The third kappa shape index (κ3) is 3.84. The largest absolute Gasteiger partial charge is 0.507 e. The minimum Gasteiger partial charge on any atom is -0.507 e. The summed E-state index contributed by atoms with van der Waals surface area (Å²) in [6.07, 6.45) is 0. The number of amides is 1. The zero-order chi connectivity index (χ0) is 24.6. The number of ketones is 1. The number of benzene rings is 2. The highest BCUT2D eigenvalue weighted by Crippen LogP contribution is 2.44. The maximum Gasteiger partial charge on any atom is 0.350 e. The highest BCUT2D eigenvalue weighted by atomic mass is 32.1. The monoisotopic (exact) mass is 478 g/mol. The maximum absolute atomic E-state index is 13.2. The van der Waals surface area contributed by atoms with Gasteiger partial charge in [0, 0.05) is 5.56 Å². The molecule has 1 aliphatic rings. The summed E-state index contributed by atoms with van der Waals surface area (Å²) in [7, 11) is 2.80. The van der Waals surface area contributed by atoms with Crippen molar-refractivity contribution < 1.29 is 29.0 Å². The van der Waals surface area contributed by atoms with E-state index in [0.29, 0.717) is 22.6 Å². The second-order valence-corrected chi connectivity index (χ2v) is 8.64. The molecule has 1 aromatic heterocycles. The van der Waals surface area contributed by atoms with Gasteiger partial charge in [-0.3, -0.25) is 14.5 Å². The van der Waals surface area contributed by atoms with E-state index >= 15 is 0 Å². The lowest BCUT2D eigenvalue weighted by molar-refractivity contribution is -0.132. The van der Waals surface area contributed by atoms with E-state index in [1.165, 1.54) is 12.0 Å². The van der Waals surface area contributed by atoms with E-state index in [1.54, 1.807) is 56.5 Å². The van der Waals surface area contributed by atoms with Crippen LogP contribution < -0.4 is 9.64 Å². The number of rotatable bonds is 5. The SMILES string of the molecule is COC(=O)c1sc(N2C(=O)C(=O)C(=C(O)c3ccc(OC)c(C)c3)[C@@H]2c2ccccc2)nc1C. The molecule has 1 N–H and O–H groups in total. The lowest BCUT2D eigenvalue weighted by atomic mass is 9.95. The number of methoxy groups -OCH3 is 2. The van der Waals surface area contributed by atoms with Crippen molar-refractivity contribution in [1.29, 1.82) is 0 Å². The molecule has 2 heterocycles. The fraction of sp³-hybridized carbons (Fsp3) is 0.200. The van der Waals surface area contributed by atoms with Crippen molar-refractivity contribution in [3.8, 4) is 5.75 Å². The van der Waals surface area contributed by atoms with Crippen molar-refractivity contribution in [3.63, 3.8) is 0 Å². The Hall–Kier alpha value is -3.98. The zero-order valence-corrected chi connectivity index (χ0v) is 19.8. The van der Waals surface area contributed by atoms with Crippen molar-refractivity contribution in [2.24, 2.45) is 0 Å². The number of aryl methyl sites for hydroxylation is 2.